The van der Waals surface area contributed by atoms with Crippen LogP contribution >= 0.6 is 0 Å². The minimum atomic E-state index is 0.0396. The second-order valence-electron chi connectivity index (χ2n) is 6.89. The van der Waals surface area contributed by atoms with E-state index in [4.69, 9.17) is 0 Å². The summed E-state index contributed by atoms with van der Waals surface area (Å²) in [6.45, 7) is 2.54. The van der Waals surface area contributed by atoms with Gasteiger partial charge in [0.2, 0.25) is 0 Å². The lowest BCUT2D eigenvalue weighted by atomic mass is 9.90. The van der Waals surface area contributed by atoms with Crippen LogP contribution in [0, 0.1) is 0 Å². The van der Waals surface area contributed by atoms with Crippen molar-refractivity contribution in [1.82, 2.24) is 20.4 Å². The Bertz CT molecular complexity index is 681. The topological polar surface area (TPSA) is 61.0 Å². The van der Waals surface area contributed by atoms with Crippen LogP contribution in [0.25, 0.3) is 10.9 Å². The predicted octanol–water partition coefficient (Wildman–Crippen LogP) is 2.70. The number of H-pyrrole nitrogens is 1. The minimum absolute atomic E-state index is 0.0396. The number of rotatable bonds is 3. The van der Waals surface area contributed by atoms with Crippen molar-refractivity contribution in [3.05, 3.63) is 30.0 Å². The first-order chi connectivity index (χ1) is 11.3. The number of benzene rings is 1. The predicted molar refractivity (Wildman–Crippen MR) is 90.4 cm³/mol. The maximum Gasteiger partial charge on any atom is 0.251 e. The van der Waals surface area contributed by atoms with E-state index in [9.17, 15) is 4.79 Å². The van der Waals surface area contributed by atoms with Gasteiger partial charge in [0.05, 0.1) is 11.7 Å². The van der Waals surface area contributed by atoms with Crippen molar-refractivity contribution in [3.8, 4) is 0 Å². The van der Waals surface area contributed by atoms with Crippen LogP contribution in [0.4, 0.5) is 0 Å². The van der Waals surface area contributed by atoms with Crippen LogP contribution in [0.15, 0.2) is 24.4 Å². The fourth-order valence-electron chi connectivity index (χ4n) is 4.04. The van der Waals surface area contributed by atoms with E-state index in [2.05, 4.69) is 20.4 Å². The van der Waals surface area contributed by atoms with Gasteiger partial charge in [-0.2, -0.15) is 5.10 Å². The first kappa shape index (κ1) is 14.7. The molecule has 0 radical (unpaired) electrons. The molecule has 1 aromatic carbocycles. The first-order valence-corrected chi connectivity index (χ1v) is 8.77. The van der Waals surface area contributed by atoms with Gasteiger partial charge in [0.15, 0.2) is 0 Å². The fourth-order valence-corrected chi connectivity index (χ4v) is 4.04. The number of aromatic nitrogens is 2. The highest BCUT2D eigenvalue weighted by atomic mass is 16.1. The quantitative estimate of drug-likeness (QED) is 0.916. The number of carbonyl (C=O) groups excluding carboxylic acids is 1. The van der Waals surface area contributed by atoms with E-state index in [0.717, 1.165) is 35.3 Å². The number of likely N-dealkylation sites (tertiary alicyclic amines) is 1. The summed E-state index contributed by atoms with van der Waals surface area (Å²) in [5.74, 6) is 0.0396. The summed E-state index contributed by atoms with van der Waals surface area (Å²) < 4.78 is 0. The lowest BCUT2D eigenvalue weighted by molar-refractivity contribution is 0.0911. The van der Waals surface area contributed by atoms with Crippen LogP contribution in [-0.4, -0.2) is 46.2 Å². The molecule has 2 N–H and O–H groups in total. The van der Waals surface area contributed by atoms with E-state index in [1.807, 2.05) is 18.2 Å². The molecule has 2 aliphatic rings. The first-order valence-electron chi connectivity index (χ1n) is 8.77. The Kier molecular flexibility index (Phi) is 4.04. The van der Waals surface area contributed by atoms with Gasteiger partial charge in [-0.15, -0.1) is 0 Å². The smallest absolute Gasteiger partial charge is 0.251 e. The van der Waals surface area contributed by atoms with Crippen LogP contribution in [0.1, 0.15) is 48.9 Å². The maximum atomic E-state index is 12.5. The van der Waals surface area contributed by atoms with Crippen molar-refractivity contribution in [3.63, 3.8) is 0 Å². The van der Waals surface area contributed by atoms with Gasteiger partial charge in [0.1, 0.15) is 0 Å². The van der Waals surface area contributed by atoms with E-state index in [0.29, 0.717) is 6.04 Å². The third-order valence-corrected chi connectivity index (χ3v) is 5.39. The Balaban J connectivity index is 1.34. The van der Waals surface area contributed by atoms with Gasteiger partial charge in [0, 0.05) is 23.0 Å². The van der Waals surface area contributed by atoms with E-state index in [1.54, 1.807) is 6.20 Å². The lowest BCUT2D eigenvalue weighted by Gasteiger charge is -2.34. The zero-order valence-electron chi connectivity index (χ0n) is 13.4. The molecule has 2 heterocycles. The summed E-state index contributed by atoms with van der Waals surface area (Å²) in [6.07, 6.45) is 9.09. The molecule has 5 nitrogen and oxygen atoms in total. The zero-order chi connectivity index (χ0) is 15.6. The van der Waals surface area contributed by atoms with Gasteiger partial charge in [-0.3, -0.25) is 9.89 Å². The maximum absolute atomic E-state index is 12.5. The van der Waals surface area contributed by atoms with Crippen molar-refractivity contribution < 1.29 is 4.79 Å². The summed E-state index contributed by atoms with van der Waals surface area (Å²) >= 11 is 0. The highest BCUT2D eigenvalue weighted by molar-refractivity contribution is 5.98. The van der Waals surface area contributed by atoms with Crippen LogP contribution in [-0.2, 0) is 0 Å². The van der Waals surface area contributed by atoms with E-state index < -0.39 is 0 Å². The molecule has 122 valence electrons. The standard InChI is InChI=1S/C18H24N4O/c23-18(13-3-8-17-14(11-13)12-19-21-17)20-15-4-6-16(7-5-15)22-9-1-2-10-22/h3,8,11-12,15-16H,1-2,4-7,9-10H2,(H,19,21)(H,20,23). The van der Waals surface area contributed by atoms with E-state index >= 15 is 0 Å². The number of hydrogen-bond acceptors (Lipinski definition) is 3. The molecule has 0 spiro atoms. The molecule has 2 fully saturated rings. The normalized spacial score (nSPS) is 25.7. The molecule has 23 heavy (non-hydrogen) atoms. The van der Waals surface area contributed by atoms with E-state index in [1.165, 1.54) is 38.8 Å². The Morgan fingerprint density at radius 3 is 2.74 bits per heavy atom. The molecule has 1 saturated carbocycles. The third-order valence-electron chi connectivity index (χ3n) is 5.39. The van der Waals surface area contributed by atoms with Gasteiger partial charge in [-0.25, -0.2) is 0 Å². The monoisotopic (exact) mass is 312 g/mol. The molecule has 0 unspecified atom stereocenters. The molecule has 0 bridgehead atoms. The molecule has 0 atom stereocenters. The average molecular weight is 312 g/mol. The highest BCUT2D eigenvalue weighted by Gasteiger charge is 2.28. The zero-order valence-corrected chi connectivity index (χ0v) is 13.4. The van der Waals surface area contributed by atoms with Crippen molar-refractivity contribution in [1.29, 1.82) is 0 Å². The molecule has 5 heteroatoms. The number of nitrogens with zero attached hydrogens (tertiary/aromatic N) is 2. The third kappa shape index (κ3) is 3.11. The molecule has 1 aliphatic heterocycles. The lowest BCUT2D eigenvalue weighted by Crippen LogP contribution is -2.43. The molecule has 2 aromatic rings. The molecule has 1 aliphatic carbocycles. The second kappa shape index (κ2) is 6.32. The summed E-state index contributed by atoms with van der Waals surface area (Å²) in [5, 5.41) is 11.1. The van der Waals surface area contributed by atoms with Gasteiger partial charge in [-0.05, 0) is 69.8 Å². The fraction of sp³-hybridized carbons (Fsp3) is 0.556. The molecule has 4 rings (SSSR count). The van der Waals surface area contributed by atoms with Crippen LogP contribution < -0.4 is 5.32 Å². The van der Waals surface area contributed by atoms with Crippen molar-refractivity contribution >= 4 is 16.8 Å². The largest absolute Gasteiger partial charge is 0.349 e. The van der Waals surface area contributed by atoms with E-state index in [-0.39, 0.29) is 5.91 Å². The van der Waals surface area contributed by atoms with Gasteiger partial charge in [0.25, 0.3) is 5.91 Å². The average Bonchev–Trinajstić information content (AvgIpc) is 3.26. The summed E-state index contributed by atoms with van der Waals surface area (Å²) in [5.41, 5.74) is 1.69. The molecule has 1 saturated heterocycles. The number of amides is 1. The number of nitrogens with one attached hydrogen (secondary N) is 2. The number of carbonyl (C=O) groups is 1. The highest BCUT2D eigenvalue weighted by Crippen LogP contribution is 2.26. The van der Waals surface area contributed by atoms with Crippen molar-refractivity contribution in [2.24, 2.45) is 0 Å². The van der Waals surface area contributed by atoms with Gasteiger partial charge < -0.3 is 10.2 Å². The number of hydrogen-bond donors (Lipinski definition) is 2. The summed E-state index contributed by atoms with van der Waals surface area (Å²) in [4.78, 5) is 15.1. The van der Waals surface area contributed by atoms with Crippen molar-refractivity contribution in [2.45, 2.75) is 50.6 Å². The number of aromatic amines is 1. The second-order valence-corrected chi connectivity index (χ2v) is 6.89. The SMILES string of the molecule is O=C(NC1CCC(N2CCCC2)CC1)c1ccc2[nH]ncc2c1. The Labute approximate surface area is 136 Å². The summed E-state index contributed by atoms with van der Waals surface area (Å²) in [7, 11) is 0. The summed E-state index contributed by atoms with van der Waals surface area (Å²) in [6, 6.07) is 6.76. The molecule has 1 aromatic heterocycles. The molecule has 1 amide bonds. The van der Waals surface area contributed by atoms with Crippen LogP contribution in [0.3, 0.4) is 0 Å². The molecular formula is C18H24N4O. The minimum Gasteiger partial charge on any atom is -0.349 e. The van der Waals surface area contributed by atoms with Gasteiger partial charge >= 0.3 is 0 Å². The Morgan fingerprint density at radius 2 is 1.96 bits per heavy atom. The van der Waals surface area contributed by atoms with Crippen LogP contribution in [0.2, 0.25) is 0 Å². The van der Waals surface area contributed by atoms with Gasteiger partial charge in [-0.1, -0.05) is 0 Å². The Morgan fingerprint density at radius 1 is 1.17 bits per heavy atom. The van der Waals surface area contributed by atoms with Crippen LogP contribution in [0.5, 0.6) is 0 Å². The van der Waals surface area contributed by atoms with Crippen molar-refractivity contribution in [2.75, 3.05) is 13.1 Å². The number of fused-ring (bicyclic) bond motifs is 1. The Hall–Kier alpha value is -1.88. The molecular weight excluding hydrogens is 288 g/mol.